The Balaban J connectivity index is 1.85. The molecule has 1 fully saturated rings. The molecule has 1 saturated heterocycles. The summed E-state index contributed by atoms with van der Waals surface area (Å²) in [6.45, 7) is 1.80. The summed E-state index contributed by atoms with van der Waals surface area (Å²) in [6.07, 6.45) is 3.99. The predicted octanol–water partition coefficient (Wildman–Crippen LogP) is 2.33. The summed E-state index contributed by atoms with van der Waals surface area (Å²) < 4.78 is 0. The molecule has 0 aromatic heterocycles. The van der Waals surface area contributed by atoms with Crippen molar-refractivity contribution in [3.63, 3.8) is 0 Å². The third-order valence-electron chi connectivity index (χ3n) is 3.52. The molecule has 1 amide bonds. The molecule has 1 aromatic rings. The molecule has 3 heteroatoms. The molecule has 88 valence electrons. The number of nitrogens with zero attached hydrogens (tertiary/aromatic N) is 2. The summed E-state index contributed by atoms with van der Waals surface area (Å²) in [6, 6.07) is 8.09. The maximum absolute atomic E-state index is 12.2. The third-order valence-corrected chi connectivity index (χ3v) is 3.52. The van der Waals surface area contributed by atoms with Gasteiger partial charge < -0.3 is 4.90 Å². The number of amides is 1. The first-order valence-corrected chi connectivity index (χ1v) is 6.29. The zero-order chi connectivity index (χ0) is 11.7. The van der Waals surface area contributed by atoms with Crippen LogP contribution >= 0.6 is 0 Å². The van der Waals surface area contributed by atoms with Crippen molar-refractivity contribution < 1.29 is 4.79 Å². The summed E-state index contributed by atoms with van der Waals surface area (Å²) in [4.78, 5) is 18.7. The maximum atomic E-state index is 12.2. The summed E-state index contributed by atoms with van der Waals surface area (Å²) in [5, 5.41) is 0. The van der Waals surface area contributed by atoms with Crippen LogP contribution in [0.1, 0.15) is 24.8 Å². The highest BCUT2D eigenvalue weighted by Crippen LogP contribution is 2.26. The number of carbonyl (C=O) groups is 1. The van der Waals surface area contributed by atoms with Crippen molar-refractivity contribution >= 4 is 17.3 Å². The molecular weight excluding hydrogens is 212 g/mol. The molecule has 2 heterocycles. The van der Waals surface area contributed by atoms with Crippen molar-refractivity contribution in [2.24, 2.45) is 4.99 Å². The third kappa shape index (κ3) is 1.97. The van der Waals surface area contributed by atoms with Gasteiger partial charge in [-0.1, -0.05) is 18.2 Å². The van der Waals surface area contributed by atoms with E-state index in [1.54, 1.807) is 0 Å². The van der Waals surface area contributed by atoms with E-state index in [1.165, 1.54) is 5.56 Å². The van der Waals surface area contributed by atoms with Crippen molar-refractivity contribution in [3.05, 3.63) is 29.8 Å². The quantitative estimate of drug-likeness (QED) is 0.726. The number of aliphatic imine (C=N–C) groups is 1. The Morgan fingerprint density at radius 2 is 1.88 bits per heavy atom. The van der Waals surface area contributed by atoms with Crippen LogP contribution in [-0.2, 0) is 11.2 Å². The smallest absolute Gasteiger partial charge is 0.268 e. The zero-order valence-corrected chi connectivity index (χ0v) is 9.85. The SMILES string of the molecule is O=C(C1=Nc2ccccc2CC1)N1CCCC1. The van der Waals surface area contributed by atoms with Gasteiger partial charge in [-0.2, -0.15) is 0 Å². The molecule has 0 unspecified atom stereocenters. The number of fused-ring (bicyclic) bond motifs is 1. The van der Waals surface area contributed by atoms with Crippen LogP contribution in [0.4, 0.5) is 5.69 Å². The minimum Gasteiger partial charge on any atom is -0.338 e. The first-order chi connectivity index (χ1) is 8.34. The van der Waals surface area contributed by atoms with Gasteiger partial charge in [0, 0.05) is 13.1 Å². The minimum absolute atomic E-state index is 0.150. The number of likely N-dealkylation sites (tertiary alicyclic amines) is 1. The Hall–Kier alpha value is -1.64. The van der Waals surface area contributed by atoms with Gasteiger partial charge in [-0.3, -0.25) is 4.79 Å². The monoisotopic (exact) mass is 228 g/mol. The minimum atomic E-state index is 0.150. The van der Waals surface area contributed by atoms with E-state index in [0.717, 1.165) is 50.2 Å². The highest BCUT2D eigenvalue weighted by atomic mass is 16.2. The molecule has 0 saturated carbocycles. The van der Waals surface area contributed by atoms with Gasteiger partial charge in [0.1, 0.15) is 5.71 Å². The number of benzene rings is 1. The molecule has 3 nitrogen and oxygen atoms in total. The van der Waals surface area contributed by atoms with Crippen molar-refractivity contribution in [2.45, 2.75) is 25.7 Å². The van der Waals surface area contributed by atoms with Gasteiger partial charge in [-0.15, -0.1) is 0 Å². The van der Waals surface area contributed by atoms with Crippen LogP contribution < -0.4 is 0 Å². The van der Waals surface area contributed by atoms with E-state index in [4.69, 9.17) is 0 Å². The molecule has 0 spiro atoms. The fraction of sp³-hybridized carbons (Fsp3) is 0.429. The van der Waals surface area contributed by atoms with Gasteiger partial charge in [-0.05, 0) is 37.3 Å². The largest absolute Gasteiger partial charge is 0.338 e. The summed E-state index contributed by atoms with van der Waals surface area (Å²) in [7, 11) is 0. The van der Waals surface area contributed by atoms with Gasteiger partial charge >= 0.3 is 0 Å². The number of rotatable bonds is 1. The van der Waals surface area contributed by atoms with Crippen LogP contribution in [0.2, 0.25) is 0 Å². The second-order valence-electron chi connectivity index (χ2n) is 4.69. The van der Waals surface area contributed by atoms with Gasteiger partial charge in [0.05, 0.1) is 5.69 Å². The highest BCUT2D eigenvalue weighted by Gasteiger charge is 2.24. The van der Waals surface area contributed by atoms with E-state index in [9.17, 15) is 4.79 Å². The average molecular weight is 228 g/mol. The Morgan fingerprint density at radius 1 is 1.12 bits per heavy atom. The average Bonchev–Trinajstić information content (AvgIpc) is 2.91. The van der Waals surface area contributed by atoms with Gasteiger partial charge in [0.2, 0.25) is 0 Å². The molecule has 2 aliphatic rings. The van der Waals surface area contributed by atoms with Gasteiger partial charge in [0.25, 0.3) is 5.91 Å². The standard InChI is InChI=1S/C14H16N2O/c17-14(16-9-3-4-10-16)13-8-7-11-5-1-2-6-12(11)15-13/h1-2,5-6H,3-4,7-10H2. The van der Waals surface area contributed by atoms with Crippen molar-refractivity contribution in [1.29, 1.82) is 0 Å². The number of para-hydroxylation sites is 1. The topological polar surface area (TPSA) is 32.7 Å². The van der Waals surface area contributed by atoms with Crippen LogP contribution in [-0.4, -0.2) is 29.6 Å². The second kappa shape index (κ2) is 4.32. The maximum Gasteiger partial charge on any atom is 0.268 e. The van der Waals surface area contributed by atoms with Crippen LogP contribution in [0.3, 0.4) is 0 Å². The number of aryl methyl sites for hydroxylation is 1. The van der Waals surface area contributed by atoms with E-state index in [1.807, 2.05) is 23.1 Å². The first kappa shape index (κ1) is 10.5. The lowest BCUT2D eigenvalue weighted by atomic mass is 10.0. The molecule has 0 aliphatic carbocycles. The Labute approximate surface area is 101 Å². The number of carbonyl (C=O) groups excluding carboxylic acids is 1. The highest BCUT2D eigenvalue weighted by molar-refractivity contribution is 6.39. The van der Waals surface area contributed by atoms with Crippen LogP contribution in [0.15, 0.2) is 29.3 Å². The molecule has 2 aliphatic heterocycles. The molecule has 0 atom stereocenters. The summed E-state index contributed by atoms with van der Waals surface area (Å²) in [5.74, 6) is 0.150. The second-order valence-corrected chi connectivity index (χ2v) is 4.69. The molecule has 3 rings (SSSR count). The Morgan fingerprint density at radius 3 is 2.71 bits per heavy atom. The predicted molar refractivity (Wildman–Crippen MR) is 67.7 cm³/mol. The van der Waals surface area contributed by atoms with E-state index in [2.05, 4.69) is 11.1 Å². The molecular formula is C14H16N2O. The lowest BCUT2D eigenvalue weighted by Gasteiger charge is -2.20. The lowest BCUT2D eigenvalue weighted by Crippen LogP contribution is -2.35. The summed E-state index contributed by atoms with van der Waals surface area (Å²) in [5.41, 5.74) is 2.97. The van der Waals surface area contributed by atoms with Gasteiger partial charge in [-0.25, -0.2) is 4.99 Å². The lowest BCUT2D eigenvalue weighted by molar-refractivity contribution is -0.123. The molecule has 0 bridgehead atoms. The van der Waals surface area contributed by atoms with E-state index >= 15 is 0 Å². The van der Waals surface area contributed by atoms with Crippen LogP contribution in [0.5, 0.6) is 0 Å². The van der Waals surface area contributed by atoms with Crippen molar-refractivity contribution in [3.8, 4) is 0 Å². The summed E-state index contributed by atoms with van der Waals surface area (Å²) >= 11 is 0. The number of hydrogen-bond acceptors (Lipinski definition) is 2. The van der Waals surface area contributed by atoms with E-state index < -0.39 is 0 Å². The van der Waals surface area contributed by atoms with E-state index in [0.29, 0.717) is 0 Å². The van der Waals surface area contributed by atoms with Crippen molar-refractivity contribution in [1.82, 2.24) is 4.90 Å². The fourth-order valence-corrected chi connectivity index (χ4v) is 2.54. The zero-order valence-electron chi connectivity index (χ0n) is 9.85. The normalized spacial score (nSPS) is 18.8. The van der Waals surface area contributed by atoms with Gasteiger partial charge in [0.15, 0.2) is 0 Å². The Kier molecular flexibility index (Phi) is 2.67. The fourth-order valence-electron chi connectivity index (χ4n) is 2.54. The molecule has 17 heavy (non-hydrogen) atoms. The molecule has 0 N–H and O–H groups in total. The van der Waals surface area contributed by atoms with Crippen molar-refractivity contribution in [2.75, 3.05) is 13.1 Å². The molecule has 0 radical (unpaired) electrons. The first-order valence-electron chi connectivity index (χ1n) is 6.29. The van der Waals surface area contributed by atoms with Crippen LogP contribution in [0, 0.1) is 0 Å². The number of hydrogen-bond donors (Lipinski definition) is 0. The molecule has 1 aromatic carbocycles. The van der Waals surface area contributed by atoms with Crippen LogP contribution in [0.25, 0.3) is 0 Å². The van der Waals surface area contributed by atoms with E-state index in [-0.39, 0.29) is 5.91 Å². The Bertz CT molecular complexity index is 473.